The number of nitrogens with zero attached hydrogens (tertiary/aromatic N) is 9. The predicted octanol–water partition coefficient (Wildman–Crippen LogP) is 23.4. The second-order valence-electron chi connectivity index (χ2n) is 21.7. The van der Waals surface area contributed by atoms with Gasteiger partial charge in [0.1, 0.15) is 0 Å². The zero-order chi connectivity index (χ0) is 72.7. The number of carbonyl (C=O) groups is 5. The van der Waals surface area contributed by atoms with E-state index in [0.29, 0.717) is 0 Å². The number of aromatic nitrogens is 7. The quantitative estimate of drug-likeness (QED) is 0.118. The second kappa shape index (κ2) is 41.6. The molecule has 14 nitrogen and oxygen atoms in total. The fourth-order valence-electron chi connectivity index (χ4n) is 10.7. The molecule has 12 aromatic heterocycles. The Balaban J connectivity index is 0.000000191. The summed E-state index contributed by atoms with van der Waals surface area (Å²) in [5, 5.41) is 5.57. The molecule has 0 N–H and O–H groups in total. The van der Waals surface area contributed by atoms with Crippen molar-refractivity contribution in [1.29, 1.82) is 0 Å². The van der Waals surface area contributed by atoms with E-state index in [2.05, 4.69) is 56.8 Å². The van der Waals surface area contributed by atoms with Gasteiger partial charge in [-0.1, -0.05) is 112 Å². The minimum atomic E-state index is 0.0863. The molecule has 0 bridgehead atoms. The molecule has 0 atom stereocenters. The summed E-state index contributed by atoms with van der Waals surface area (Å²) in [5.41, 5.74) is 8.47. The molecule has 0 unspecified atom stereocenters. The number of ketones is 5. The van der Waals surface area contributed by atoms with Gasteiger partial charge in [0.05, 0.1) is 77.3 Å². The first kappa shape index (κ1) is 80.0. The maximum Gasteiger partial charge on any atom is 0.169 e. The Kier molecular flexibility index (Phi) is 33.2. The molecule has 0 radical (unpaired) electrons. The van der Waals surface area contributed by atoms with Crippen LogP contribution in [0.25, 0.3) is 83.9 Å². The summed E-state index contributed by atoms with van der Waals surface area (Å²) in [6.45, 7) is 32.4. The van der Waals surface area contributed by atoms with E-state index in [1.54, 1.807) is 88.3 Å². The lowest BCUT2D eigenvalue weighted by Gasteiger charge is -2.28. The van der Waals surface area contributed by atoms with Crippen LogP contribution in [-0.2, 0) is 0 Å². The molecule has 2 saturated heterocycles. The lowest BCUT2D eigenvalue weighted by molar-refractivity contribution is 0.101. The Labute approximate surface area is 609 Å². The van der Waals surface area contributed by atoms with Crippen molar-refractivity contribution in [2.75, 3.05) is 36.0 Å². The molecule has 19 heteroatoms. The largest absolute Gasteiger partial charge is 0.370 e. The van der Waals surface area contributed by atoms with Crippen molar-refractivity contribution in [2.24, 2.45) is 0 Å². The summed E-state index contributed by atoms with van der Waals surface area (Å²) in [6, 6.07) is 29.6. The van der Waals surface area contributed by atoms with Crippen LogP contribution < -0.4 is 9.80 Å². The highest BCUT2D eigenvalue weighted by Gasteiger charge is 2.20. The van der Waals surface area contributed by atoms with E-state index in [9.17, 15) is 24.0 Å². The van der Waals surface area contributed by atoms with Crippen LogP contribution in [0.5, 0.6) is 0 Å². The van der Waals surface area contributed by atoms with Crippen LogP contribution in [0.2, 0.25) is 0 Å². The SMILES string of the molecule is CC.CC.CC.CC.CC.CC(=O)c1cc2c(-c3ccccc3)cncc2s1.CC(=O)c1cc2c(-c3ccccn3)cncc2s1.CC(=O)c1cc2c(-c3cccnc3)cncc2s1.CC(=O)c1cc2c(N3CCCCC3)cncc2s1.CC(=O)c1cc2c(N3CCCCC3)cncc2s1. The van der Waals surface area contributed by atoms with Crippen LogP contribution in [-0.4, -0.2) is 90.0 Å². The average molecular weight is 1430 g/mol. The van der Waals surface area contributed by atoms with Crippen molar-refractivity contribution in [3.8, 4) is 33.5 Å². The van der Waals surface area contributed by atoms with Crippen LogP contribution in [0.3, 0.4) is 0 Å². The minimum Gasteiger partial charge on any atom is -0.370 e. The molecular formula is C81H93N9O5S5. The molecule has 2 aliphatic rings. The number of rotatable bonds is 10. The topological polar surface area (TPSA) is 182 Å². The first-order valence-corrected chi connectivity index (χ1v) is 38.7. The second-order valence-corrected chi connectivity index (χ2v) is 27.1. The number of piperidine rings is 2. The first-order chi connectivity index (χ1) is 48.8. The van der Waals surface area contributed by atoms with Crippen molar-refractivity contribution >= 4 is 147 Å². The van der Waals surface area contributed by atoms with Gasteiger partial charge in [0.2, 0.25) is 0 Å². The molecular weight excluding hydrogens is 1340 g/mol. The van der Waals surface area contributed by atoms with E-state index in [4.69, 9.17) is 0 Å². The van der Waals surface area contributed by atoms with Crippen molar-refractivity contribution in [3.05, 3.63) is 196 Å². The van der Waals surface area contributed by atoms with Crippen LogP contribution in [0, 0.1) is 0 Å². The summed E-state index contributed by atoms with van der Waals surface area (Å²) >= 11 is 7.55. The lowest BCUT2D eigenvalue weighted by atomic mass is 10.0. The normalized spacial score (nSPS) is 11.9. The van der Waals surface area contributed by atoms with E-state index in [0.717, 1.165) is 124 Å². The number of benzene rings is 1. The Morgan fingerprint density at radius 1 is 0.310 bits per heavy atom. The maximum atomic E-state index is 11.5. The van der Waals surface area contributed by atoms with Gasteiger partial charge in [-0.15, -0.1) is 56.7 Å². The van der Waals surface area contributed by atoms with Gasteiger partial charge in [-0.3, -0.25) is 58.9 Å². The molecule has 2 fully saturated rings. The Bertz CT molecular complexity index is 4290. The van der Waals surface area contributed by atoms with Gasteiger partial charge in [-0.25, -0.2) is 0 Å². The predicted molar refractivity (Wildman–Crippen MR) is 429 cm³/mol. The smallest absolute Gasteiger partial charge is 0.169 e. The van der Waals surface area contributed by atoms with Gasteiger partial charge in [0.25, 0.3) is 0 Å². The molecule has 15 rings (SSSR count). The summed E-state index contributed by atoms with van der Waals surface area (Å²) in [5.74, 6) is 0.563. The zero-order valence-corrected chi connectivity index (χ0v) is 64.4. The van der Waals surface area contributed by atoms with Crippen LogP contribution in [0.15, 0.2) is 172 Å². The highest BCUT2D eigenvalue weighted by Crippen LogP contribution is 2.38. The number of carbonyl (C=O) groups excluding carboxylic acids is 5. The number of hydrogen-bond donors (Lipinski definition) is 0. The third kappa shape index (κ3) is 21.0. The van der Waals surface area contributed by atoms with Crippen molar-refractivity contribution in [3.63, 3.8) is 0 Å². The number of thiophene rings is 5. The van der Waals surface area contributed by atoms with Crippen molar-refractivity contribution in [2.45, 2.75) is 142 Å². The van der Waals surface area contributed by atoms with Gasteiger partial charge in [0, 0.05) is 144 Å². The molecule has 2 aliphatic heterocycles. The highest BCUT2D eigenvalue weighted by atomic mass is 32.1. The van der Waals surface area contributed by atoms with Crippen LogP contribution >= 0.6 is 56.7 Å². The number of anilines is 2. The van der Waals surface area contributed by atoms with Gasteiger partial charge < -0.3 is 9.80 Å². The molecule has 13 aromatic rings. The summed E-state index contributed by atoms with van der Waals surface area (Å²) in [7, 11) is 0. The first-order valence-electron chi connectivity index (χ1n) is 34.6. The number of pyridine rings is 7. The van der Waals surface area contributed by atoms with E-state index in [1.165, 1.54) is 94.7 Å². The molecule has 1 aromatic carbocycles. The summed E-state index contributed by atoms with van der Waals surface area (Å²) in [4.78, 5) is 95.9. The van der Waals surface area contributed by atoms with Gasteiger partial charge in [0.15, 0.2) is 28.9 Å². The molecule has 522 valence electrons. The molecule has 0 aliphatic carbocycles. The van der Waals surface area contributed by atoms with Gasteiger partial charge >= 0.3 is 0 Å². The zero-order valence-electron chi connectivity index (χ0n) is 60.3. The molecule has 0 spiro atoms. The van der Waals surface area contributed by atoms with Crippen LogP contribution in [0.4, 0.5) is 11.4 Å². The fourth-order valence-corrected chi connectivity index (χ4v) is 15.5. The van der Waals surface area contributed by atoms with E-state index in [1.807, 2.05) is 198 Å². The minimum absolute atomic E-state index is 0.0863. The van der Waals surface area contributed by atoms with E-state index < -0.39 is 0 Å². The van der Waals surface area contributed by atoms with E-state index in [-0.39, 0.29) is 28.9 Å². The summed E-state index contributed by atoms with van der Waals surface area (Å²) in [6.07, 6.45) is 31.4. The molecule has 0 saturated carbocycles. The van der Waals surface area contributed by atoms with Gasteiger partial charge in [-0.05, 0) is 127 Å². The maximum absolute atomic E-state index is 11.5. The van der Waals surface area contributed by atoms with Gasteiger partial charge in [-0.2, -0.15) is 0 Å². The average Bonchev–Trinajstić information content (AvgIpc) is 1.68. The molecule has 100 heavy (non-hydrogen) atoms. The molecule has 0 amide bonds. The third-order valence-corrected chi connectivity index (χ3v) is 21.2. The van der Waals surface area contributed by atoms with Crippen molar-refractivity contribution in [1.82, 2.24) is 34.9 Å². The number of fused-ring (bicyclic) bond motifs is 5. The standard InChI is InChI=1S/C15H11NOS.2C14H10N2OS.2C14H16N2OS.5C2H6/c1-10(17)14-7-12-13(8-16-9-15(12)18-14)11-5-3-2-4-6-11;1-9(17)13-5-11-12(7-16-8-14(11)18-13)10-3-2-4-15-6-10;1-9(17)13-6-10-11(7-15-8-14(10)18-13)12-4-2-3-5-16-12;2*1-10(17)13-7-11-12(8-15-9-14(11)18-13)16-5-3-2-4-6-16;5*1-2/h2-9H,1H3;2*2-8H,1H3;2*7-9H,2-6H2,1H3;5*1-2H3. The molecule has 14 heterocycles. The highest BCUT2D eigenvalue weighted by molar-refractivity contribution is 7.22. The van der Waals surface area contributed by atoms with Crippen LogP contribution in [0.1, 0.15) is 191 Å². The lowest BCUT2D eigenvalue weighted by Crippen LogP contribution is -2.29. The number of hydrogen-bond acceptors (Lipinski definition) is 19. The van der Waals surface area contributed by atoms with Crippen molar-refractivity contribution < 1.29 is 24.0 Å². The number of Topliss-reactive ketones (excluding diaryl/α,β-unsaturated/α-hetero) is 5. The Morgan fingerprint density at radius 2 is 0.630 bits per heavy atom. The van der Waals surface area contributed by atoms with E-state index >= 15 is 0 Å². The third-order valence-electron chi connectivity index (χ3n) is 15.3. The fraction of sp³-hybridized carbons (Fsp3) is 0.309. The Morgan fingerprint density at radius 3 is 0.980 bits per heavy atom. The monoisotopic (exact) mass is 1430 g/mol. The summed E-state index contributed by atoms with van der Waals surface area (Å²) < 4.78 is 5.33. The Hall–Kier alpha value is -8.98.